The van der Waals surface area contributed by atoms with Gasteiger partial charge in [0.15, 0.2) is 11.6 Å². The Hall–Kier alpha value is -2.31. The van der Waals surface area contributed by atoms with Gasteiger partial charge < -0.3 is 9.14 Å². The van der Waals surface area contributed by atoms with Crippen LogP contribution in [0, 0.1) is 18.6 Å². The van der Waals surface area contributed by atoms with Crippen LogP contribution in [-0.4, -0.2) is 33.5 Å². The minimum Gasteiger partial charge on any atom is -0.373 e. The van der Waals surface area contributed by atoms with E-state index in [2.05, 4.69) is 15.4 Å². The van der Waals surface area contributed by atoms with Gasteiger partial charge in [0.25, 0.3) is 0 Å². The summed E-state index contributed by atoms with van der Waals surface area (Å²) < 4.78 is 34.3. The lowest BCUT2D eigenvalue weighted by molar-refractivity contribution is -0.00416. The molecule has 0 amide bonds. The van der Waals surface area contributed by atoms with E-state index in [0.29, 0.717) is 12.2 Å². The minimum atomic E-state index is -0.825. The SMILES string of the molecule is Cc1nc(CN2CCC(OCc3ccc(F)c(F)c3)CC2)c2ccccn12. The first-order valence-corrected chi connectivity index (χ1v) is 9.30. The second-order valence-electron chi connectivity index (χ2n) is 7.10. The number of benzene rings is 1. The lowest BCUT2D eigenvalue weighted by Gasteiger charge is -2.31. The van der Waals surface area contributed by atoms with Crippen molar-refractivity contribution in [3.8, 4) is 0 Å². The van der Waals surface area contributed by atoms with E-state index in [1.54, 1.807) is 6.07 Å². The first kappa shape index (κ1) is 18.1. The van der Waals surface area contributed by atoms with Crippen molar-refractivity contribution in [3.05, 3.63) is 71.3 Å². The number of imidazole rings is 1. The highest BCUT2D eigenvalue weighted by molar-refractivity contribution is 5.53. The summed E-state index contributed by atoms with van der Waals surface area (Å²) in [4.78, 5) is 7.11. The Morgan fingerprint density at radius 1 is 1.11 bits per heavy atom. The fourth-order valence-electron chi connectivity index (χ4n) is 3.67. The Bertz CT molecular complexity index is 932. The predicted octanol–water partition coefficient (Wildman–Crippen LogP) is 4.10. The number of aryl methyl sites for hydroxylation is 1. The number of hydrogen-bond donors (Lipinski definition) is 0. The van der Waals surface area contributed by atoms with Crippen LogP contribution in [0.2, 0.25) is 0 Å². The molecule has 1 fully saturated rings. The normalized spacial score (nSPS) is 16.3. The van der Waals surface area contributed by atoms with Gasteiger partial charge in [-0.25, -0.2) is 13.8 Å². The van der Waals surface area contributed by atoms with Crippen LogP contribution in [-0.2, 0) is 17.9 Å². The van der Waals surface area contributed by atoms with Gasteiger partial charge in [0.1, 0.15) is 5.82 Å². The third-order valence-corrected chi connectivity index (χ3v) is 5.18. The average Bonchev–Trinajstić information content (AvgIpc) is 3.00. The van der Waals surface area contributed by atoms with E-state index < -0.39 is 11.6 Å². The molecular weight excluding hydrogens is 348 g/mol. The van der Waals surface area contributed by atoms with E-state index in [1.165, 1.54) is 6.07 Å². The minimum absolute atomic E-state index is 0.148. The highest BCUT2D eigenvalue weighted by Gasteiger charge is 2.21. The van der Waals surface area contributed by atoms with Gasteiger partial charge in [0.2, 0.25) is 0 Å². The van der Waals surface area contributed by atoms with E-state index >= 15 is 0 Å². The number of nitrogens with zero attached hydrogens (tertiary/aromatic N) is 3. The number of fused-ring (bicyclic) bond motifs is 1. The summed E-state index contributed by atoms with van der Waals surface area (Å²) in [5.74, 6) is -0.645. The largest absolute Gasteiger partial charge is 0.373 e. The van der Waals surface area contributed by atoms with Gasteiger partial charge >= 0.3 is 0 Å². The molecule has 4 rings (SSSR count). The zero-order valence-corrected chi connectivity index (χ0v) is 15.4. The Morgan fingerprint density at radius 2 is 1.93 bits per heavy atom. The standard InChI is InChI=1S/C21H23F2N3O/c1-15-24-20(21-4-2-3-9-26(15)21)13-25-10-7-17(8-11-25)27-14-16-5-6-18(22)19(23)12-16/h2-6,9,12,17H,7-8,10-11,13-14H2,1H3. The third kappa shape index (κ3) is 4.01. The zero-order valence-electron chi connectivity index (χ0n) is 15.4. The maximum atomic E-state index is 13.3. The number of halogens is 2. The van der Waals surface area contributed by atoms with E-state index in [1.807, 2.05) is 25.3 Å². The Morgan fingerprint density at radius 3 is 2.70 bits per heavy atom. The van der Waals surface area contributed by atoms with E-state index in [-0.39, 0.29) is 6.10 Å². The van der Waals surface area contributed by atoms with Crippen molar-refractivity contribution in [2.24, 2.45) is 0 Å². The molecule has 0 N–H and O–H groups in total. The van der Waals surface area contributed by atoms with E-state index in [9.17, 15) is 8.78 Å². The zero-order chi connectivity index (χ0) is 18.8. The fourth-order valence-corrected chi connectivity index (χ4v) is 3.67. The quantitative estimate of drug-likeness (QED) is 0.676. The maximum Gasteiger partial charge on any atom is 0.159 e. The molecule has 0 radical (unpaired) electrons. The van der Waals surface area contributed by atoms with Gasteiger partial charge in [0.05, 0.1) is 23.9 Å². The first-order chi connectivity index (χ1) is 13.1. The average molecular weight is 371 g/mol. The number of aromatic nitrogens is 2. The Balaban J connectivity index is 1.30. The molecule has 6 heteroatoms. The van der Waals surface area contributed by atoms with Gasteiger partial charge in [-0.05, 0) is 49.6 Å². The van der Waals surface area contributed by atoms with Gasteiger partial charge in [-0.15, -0.1) is 0 Å². The Labute approximate surface area is 157 Å². The van der Waals surface area contributed by atoms with Crippen LogP contribution in [0.15, 0.2) is 42.6 Å². The second kappa shape index (κ2) is 7.74. The highest BCUT2D eigenvalue weighted by atomic mass is 19.2. The molecule has 0 unspecified atom stereocenters. The van der Waals surface area contributed by atoms with Crippen molar-refractivity contribution in [3.63, 3.8) is 0 Å². The topological polar surface area (TPSA) is 29.8 Å². The molecule has 0 aliphatic carbocycles. The molecule has 3 heterocycles. The van der Waals surface area contributed by atoms with Gasteiger partial charge in [-0.2, -0.15) is 0 Å². The molecule has 0 atom stereocenters. The van der Waals surface area contributed by atoms with Crippen LogP contribution < -0.4 is 0 Å². The lowest BCUT2D eigenvalue weighted by atomic mass is 10.1. The molecule has 0 bridgehead atoms. The molecule has 1 aliphatic rings. The smallest absolute Gasteiger partial charge is 0.159 e. The molecule has 1 aliphatic heterocycles. The van der Waals surface area contributed by atoms with Gasteiger partial charge in [-0.3, -0.25) is 4.90 Å². The summed E-state index contributed by atoms with van der Waals surface area (Å²) >= 11 is 0. The molecule has 142 valence electrons. The van der Waals surface area contributed by atoms with Gasteiger partial charge in [0, 0.05) is 25.8 Å². The number of rotatable bonds is 5. The molecule has 1 aromatic carbocycles. The third-order valence-electron chi connectivity index (χ3n) is 5.18. The monoisotopic (exact) mass is 371 g/mol. The van der Waals surface area contributed by atoms with Crippen LogP contribution in [0.5, 0.6) is 0 Å². The van der Waals surface area contributed by atoms with Crippen molar-refractivity contribution < 1.29 is 13.5 Å². The molecule has 3 aromatic rings. The Kier molecular flexibility index (Phi) is 5.18. The predicted molar refractivity (Wildman–Crippen MR) is 99.4 cm³/mol. The molecule has 1 saturated heterocycles. The van der Waals surface area contributed by atoms with Gasteiger partial charge in [-0.1, -0.05) is 12.1 Å². The summed E-state index contributed by atoms with van der Waals surface area (Å²) in [7, 11) is 0. The number of piperidine rings is 1. The first-order valence-electron chi connectivity index (χ1n) is 9.30. The summed E-state index contributed by atoms with van der Waals surface area (Å²) in [6, 6.07) is 10.1. The van der Waals surface area contributed by atoms with E-state index in [0.717, 1.165) is 55.6 Å². The molecule has 0 spiro atoms. The number of likely N-dealkylation sites (tertiary alicyclic amines) is 1. The number of hydrogen-bond acceptors (Lipinski definition) is 3. The van der Waals surface area contributed by atoms with Crippen molar-refractivity contribution >= 4 is 5.52 Å². The van der Waals surface area contributed by atoms with Crippen molar-refractivity contribution in [2.45, 2.75) is 39.0 Å². The number of ether oxygens (including phenoxy) is 1. The van der Waals surface area contributed by atoms with E-state index in [4.69, 9.17) is 9.72 Å². The van der Waals surface area contributed by atoms with Crippen molar-refractivity contribution in [1.29, 1.82) is 0 Å². The lowest BCUT2D eigenvalue weighted by Crippen LogP contribution is -2.36. The summed E-state index contributed by atoms with van der Waals surface area (Å²) in [6.45, 7) is 5.04. The van der Waals surface area contributed by atoms with Crippen LogP contribution in [0.25, 0.3) is 5.52 Å². The maximum absolute atomic E-state index is 13.3. The molecular formula is C21H23F2N3O. The van der Waals surface area contributed by atoms with Crippen LogP contribution in [0.1, 0.15) is 29.9 Å². The van der Waals surface area contributed by atoms with Crippen molar-refractivity contribution in [2.75, 3.05) is 13.1 Å². The molecule has 2 aromatic heterocycles. The second-order valence-corrected chi connectivity index (χ2v) is 7.10. The summed E-state index contributed by atoms with van der Waals surface area (Å²) in [6.07, 6.45) is 4.04. The van der Waals surface area contributed by atoms with Crippen LogP contribution >= 0.6 is 0 Å². The van der Waals surface area contributed by atoms with Crippen molar-refractivity contribution in [1.82, 2.24) is 14.3 Å². The van der Waals surface area contributed by atoms with Crippen LogP contribution in [0.4, 0.5) is 8.78 Å². The summed E-state index contributed by atoms with van der Waals surface area (Å²) in [5.41, 5.74) is 2.93. The van der Waals surface area contributed by atoms with Crippen LogP contribution in [0.3, 0.4) is 0 Å². The number of pyridine rings is 1. The molecule has 0 saturated carbocycles. The summed E-state index contributed by atoms with van der Waals surface area (Å²) in [5, 5.41) is 0. The highest BCUT2D eigenvalue weighted by Crippen LogP contribution is 2.20. The molecule has 4 nitrogen and oxygen atoms in total. The fraction of sp³-hybridized carbons (Fsp3) is 0.381. The molecule has 27 heavy (non-hydrogen) atoms.